The Kier molecular flexibility index (Phi) is 8.05. The molecule has 0 aliphatic carbocycles. The number of thioether (sulfide) groups is 1. The Labute approximate surface area is 203 Å². The summed E-state index contributed by atoms with van der Waals surface area (Å²) in [6.45, 7) is 3.77. The summed E-state index contributed by atoms with van der Waals surface area (Å²) in [5.41, 5.74) is 0.984. The molecule has 1 fully saturated rings. The number of carbonyl (C=O) groups excluding carboxylic acids is 3. The molecular weight excluding hydrogens is 452 g/mol. The number of amides is 3. The molecule has 2 aliphatic heterocycles. The van der Waals surface area contributed by atoms with Gasteiger partial charge in [0.2, 0.25) is 5.91 Å². The maximum absolute atomic E-state index is 12.6. The van der Waals surface area contributed by atoms with Gasteiger partial charge in [-0.1, -0.05) is 17.8 Å². The van der Waals surface area contributed by atoms with Crippen LogP contribution in [0.5, 0.6) is 0 Å². The number of benzene rings is 1. The Morgan fingerprint density at radius 1 is 1.21 bits per heavy atom. The van der Waals surface area contributed by atoms with Gasteiger partial charge in [-0.3, -0.25) is 14.4 Å². The second-order valence-corrected chi connectivity index (χ2v) is 9.88. The van der Waals surface area contributed by atoms with E-state index in [1.165, 1.54) is 18.2 Å². The van der Waals surface area contributed by atoms with Crippen molar-refractivity contribution in [1.29, 1.82) is 0 Å². The number of carbonyl (C=O) groups is 3. The van der Waals surface area contributed by atoms with Crippen LogP contribution < -0.4 is 10.6 Å². The second kappa shape index (κ2) is 11.4. The summed E-state index contributed by atoms with van der Waals surface area (Å²) in [5.74, 6) is 0.157. The smallest absolute Gasteiger partial charge is 0.262 e. The fraction of sp³-hybridized carbons (Fsp3) is 0.440. The lowest BCUT2D eigenvalue weighted by Crippen LogP contribution is -2.33. The highest BCUT2D eigenvalue weighted by Crippen LogP contribution is 2.29. The van der Waals surface area contributed by atoms with Gasteiger partial charge in [0, 0.05) is 43.2 Å². The SMILES string of the molecule is CC(CCc1ccco1)NC(=O)c1cccc(NC(=O)CC2SC(N3CCCCC3)=NC2=O)c1. The minimum absolute atomic E-state index is 0.0321. The van der Waals surface area contributed by atoms with Gasteiger partial charge in [0.15, 0.2) is 5.17 Å². The Balaban J connectivity index is 1.26. The van der Waals surface area contributed by atoms with Gasteiger partial charge in [-0.05, 0) is 62.9 Å². The maximum atomic E-state index is 12.6. The molecular formula is C25H30N4O4S. The number of hydrogen-bond donors (Lipinski definition) is 2. The molecule has 0 spiro atoms. The number of likely N-dealkylation sites (tertiary alicyclic amines) is 1. The summed E-state index contributed by atoms with van der Waals surface area (Å²) < 4.78 is 5.33. The zero-order chi connectivity index (χ0) is 23.9. The Hall–Kier alpha value is -3.07. The average Bonchev–Trinajstić information content (AvgIpc) is 3.48. The number of aryl methyl sites for hydroxylation is 1. The van der Waals surface area contributed by atoms with Crippen molar-refractivity contribution in [3.63, 3.8) is 0 Å². The van der Waals surface area contributed by atoms with E-state index in [1.807, 2.05) is 19.1 Å². The number of amidine groups is 1. The van der Waals surface area contributed by atoms with Crippen molar-refractivity contribution in [3.05, 3.63) is 54.0 Å². The van der Waals surface area contributed by atoms with Crippen LogP contribution >= 0.6 is 11.8 Å². The molecule has 0 bridgehead atoms. The van der Waals surface area contributed by atoms with Gasteiger partial charge < -0.3 is 20.0 Å². The molecule has 2 aromatic rings. The largest absolute Gasteiger partial charge is 0.469 e. The van der Waals surface area contributed by atoms with E-state index >= 15 is 0 Å². The third-order valence-corrected chi connectivity index (χ3v) is 7.13. The van der Waals surface area contributed by atoms with Gasteiger partial charge >= 0.3 is 0 Å². The van der Waals surface area contributed by atoms with E-state index in [9.17, 15) is 14.4 Å². The molecule has 2 aliphatic rings. The quantitative estimate of drug-likeness (QED) is 0.592. The third-order valence-electron chi connectivity index (χ3n) is 5.92. The van der Waals surface area contributed by atoms with Crippen LogP contribution in [0.25, 0.3) is 0 Å². The van der Waals surface area contributed by atoms with E-state index in [0.717, 1.165) is 49.7 Å². The molecule has 4 rings (SSSR count). The molecule has 34 heavy (non-hydrogen) atoms. The van der Waals surface area contributed by atoms with Gasteiger partial charge in [-0.15, -0.1) is 0 Å². The summed E-state index contributed by atoms with van der Waals surface area (Å²) in [5, 5.41) is 6.03. The molecule has 2 atom stereocenters. The molecule has 1 aromatic carbocycles. The van der Waals surface area contributed by atoms with Crippen molar-refractivity contribution >= 4 is 40.3 Å². The van der Waals surface area contributed by atoms with Crippen molar-refractivity contribution in [2.45, 2.75) is 56.7 Å². The van der Waals surface area contributed by atoms with Crippen LogP contribution in [-0.4, -0.2) is 52.2 Å². The van der Waals surface area contributed by atoms with E-state index in [2.05, 4.69) is 20.5 Å². The summed E-state index contributed by atoms with van der Waals surface area (Å²) in [4.78, 5) is 43.9. The highest BCUT2D eigenvalue weighted by molar-refractivity contribution is 8.15. The number of aliphatic imine (C=N–C) groups is 1. The maximum Gasteiger partial charge on any atom is 0.262 e. The number of rotatable bonds is 8. The highest BCUT2D eigenvalue weighted by atomic mass is 32.2. The summed E-state index contributed by atoms with van der Waals surface area (Å²) in [6, 6.07) is 10.5. The molecule has 2 N–H and O–H groups in total. The Morgan fingerprint density at radius 2 is 2.03 bits per heavy atom. The van der Waals surface area contributed by atoms with Crippen molar-refractivity contribution < 1.29 is 18.8 Å². The third kappa shape index (κ3) is 6.50. The Morgan fingerprint density at radius 3 is 2.79 bits per heavy atom. The number of hydrogen-bond acceptors (Lipinski definition) is 6. The van der Waals surface area contributed by atoms with E-state index in [4.69, 9.17) is 4.42 Å². The second-order valence-electron chi connectivity index (χ2n) is 8.71. The van der Waals surface area contributed by atoms with E-state index in [-0.39, 0.29) is 30.2 Å². The number of piperidine rings is 1. The highest BCUT2D eigenvalue weighted by Gasteiger charge is 2.33. The van der Waals surface area contributed by atoms with Gasteiger partial charge in [-0.25, -0.2) is 0 Å². The first-order valence-corrected chi connectivity index (χ1v) is 12.6. The van der Waals surface area contributed by atoms with Crippen molar-refractivity contribution in [3.8, 4) is 0 Å². The average molecular weight is 483 g/mol. The monoisotopic (exact) mass is 482 g/mol. The van der Waals surface area contributed by atoms with Gasteiger partial charge in [0.05, 0.1) is 6.26 Å². The summed E-state index contributed by atoms with van der Waals surface area (Å²) in [6.07, 6.45) is 6.59. The predicted molar refractivity (Wildman–Crippen MR) is 133 cm³/mol. The number of nitrogens with zero attached hydrogens (tertiary/aromatic N) is 2. The van der Waals surface area contributed by atoms with Gasteiger partial charge in [0.25, 0.3) is 11.8 Å². The summed E-state index contributed by atoms with van der Waals surface area (Å²) >= 11 is 1.38. The van der Waals surface area contributed by atoms with Crippen molar-refractivity contribution in [2.24, 2.45) is 4.99 Å². The van der Waals surface area contributed by atoms with E-state index in [0.29, 0.717) is 11.3 Å². The first-order chi connectivity index (χ1) is 16.5. The molecule has 180 valence electrons. The standard InChI is InChI=1S/C25H30N4O4S/c1-17(10-11-20-9-6-14-33-20)26-23(31)18-7-5-8-19(15-18)27-22(30)16-21-24(32)28-25(34-21)29-12-3-2-4-13-29/h5-9,14-15,17,21H,2-4,10-13,16H2,1H3,(H,26,31)(H,27,30). The zero-order valence-electron chi connectivity index (χ0n) is 19.3. The number of nitrogens with one attached hydrogen (secondary N) is 2. The lowest BCUT2D eigenvalue weighted by Gasteiger charge is -2.27. The predicted octanol–water partition coefficient (Wildman–Crippen LogP) is 3.84. The molecule has 8 nitrogen and oxygen atoms in total. The van der Waals surface area contributed by atoms with E-state index in [1.54, 1.807) is 30.5 Å². The first kappa shape index (κ1) is 24.1. The summed E-state index contributed by atoms with van der Waals surface area (Å²) in [7, 11) is 0. The molecule has 1 saturated heterocycles. The fourth-order valence-electron chi connectivity index (χ4n) is 4.04. The zero-order valence-corrected chi connectivity index (χ0v) is 20.1. The van der Waals surface area contributed by atoms with Crippen LogP contribution in [0.2, 0.25) is 0 Å². The topological polar surface area (TPSA) is 104 Å². The van der Waals surface area contributed by atoms with Crippen LogP contribution in [0.3, 0.4) is 0 Å². The van der Waals surface area contributed by atoms with Crippen LogP contribution in [-0.2, 0) is 16.0 Å². The van der Waals surface area contributed by atoms with Crippen LogP contribution in [0.15, 0.2) is 52.1 Å². The van der Waals surface area contributed by atoms with Crippen LogP contribution in [0, 0.1) is 0 Å². The molecule has 1 aromatic heterocycles. The van der Waals surface area contributed by atoms with Crippen LogP contribution in [0.4, 0.5) is 5.69 Å². The number of anilines is 1. The molecule has 2 unspecified atom stereocenters. The van der Waals surface area contributed by atoms with Crippen LogP contribution in [0.1, 0.15) is 55.1 Å². The van der Waals surface area contributed by atoms with Gasteiger partial charge in [-0.2, -0.15) is 4.99 Å². The minimum atomic E-state index is -0.501. The number of furan rings is 1. The lowest BCUT2D eigenvalue weighted by atomic mass is 10.1. The van der Waals surface area contributed by atoms with Crippen molar-refractivity contribution in [1.82, 2.24) is 10.2 Å². The molecule has 9 heteroatoms. The normalized spacial score (nSPS) is 19.0. The molecule has 3 heterocycles. The van der Waals surface area contributed by atoms with E-state index < -0.39 is 5.25 Å². The first-order valence-electron chi connectivity index (χ1n) is 11.8. The Bertz CT molecular complexity index is 1050. The molecule has 0 saturated carbocycles. The van der Waals surface area contributed by atoms with Gasteiger partial charge in [0.1, 0.15) is 11.0 Å². The molecule has 0 radical (unpaired) electrons. The molecule has 3 amide bonds. The fourth-order valence-corrected chi connectivity index (χ4v) is 5.16. The minimum Gasteiger partial charge on any atom is -0.469 e. The lowest BCUT2D eigenvalue weighted by molar-refractivity contribution is -0.121. The van der Waals surface area contributed by atoms with Crippen molar-refractivity contribution in [2.75, 3.05) is 18.4 Å².